The molecule has 0 aliphatic heterocycles. The molecular weight excluding hydrogens is 322 g/mol. The van der Waals surface area contributed by atoms with Gasteiger partial charge in [-0.05, 0) is 0 Å². The molecule has 0 aliphatic carbocycles. The van der Waals surface area contributed by atoms with Gasteiger partial charge in [0, 0.05) is 0 Å². The molecule has 0 fully saturated rings. The van der Waals surface area contributed by atoms with Crippen LogP contribution in [-0.4, -0.2) is 50.9 Å². The van der Waals surface area contributed by atoms with Crippen molar-refractivity contribution in [3.8, 4) is 0 Å². The van der Waals surface area contributed by atoms with E-state index >= 15 is 0 Å². The number of aliphatic imine (C=N–C) groups is 2. The van der Waals surface area contributed by atoms with Crippen molar-refractivity contribution in [2.24, 2.45) is 21.5 Å². The fourth-order valence-electron chi connectivity index (χ4n) is 1.18. The normalized spacial score (nSPS) is 15.1. The zero-order chi connectivity index (χ0) is 16.7. The molecule has 5 N–H and O–H groups in total. The van der Waals surface area contributed by atoms with Crippen LogP contribution in [0, 0.1) is 0 Å². The van der Waals surface area contributed by atoms with Crippen molar-refractivity contribution in [2.75, 3.05) is 35.0 Å². The third-order valence-electron chi connectivity index (χ3n) is 2.34. The molecular formula is C9H22N4O6P2. The fraction of sp³-hybridized carbons (Fsp3) is 0.556. The Bertz CT molecular complexity index is 469. The first-order valence-corrected chi connectivity index (χ1v) is 8.86. The summed E-state index contributed by atoms with van der Waals surface area (Å²) in [5.41, 5.74) is 10.6. The molecule has 0 bridgehead atoms. The molecule has 0 heterocycles. The molecule has 10 nitrogen and oxygen atoms in total. The number of rotatable bonds is 9. The van der Waals surface area contributed by atoms with Crippen LogP contribution in [0.4, 0.5) is 0 Å². The summed E-state index contributed by atoms with van der Waals surface area (Å²) >= 11 is 0. The van der Waals surface area contributed by atoms with Crippen LogP contribution in [-0.2, 0) is 22.7 Å². The van der Waals surface area contributed by atoms with Crippen LogP contribution in [0.2, 0.25) is 0 Å². The molecule has 0 aromatic heterocycles. The van der Waals surface area contributed by atoms with Crippen molar-refractivity contribution in [3.05, 3.63) is 12.4 Å². The molecule has 0 aliphatic rings. The Morgan fingerprint density at radius 1 is 1.24 bits per heavy atom. The summed E-state index contributed by atoms with van der Waals surface area (Å²) in [5.74, 6) is -0.112. The van der Waals surface area contributed by atoms with Gasteiger partial charge in [0.15, 0.2) is 0 Å². The summed E-state index contributed by atoms with van der Waals surface area (Å²) in [4.78, 5) is 17.6. The number of hydrogen-bond donors (Lipinski definition) is 3. The molecule has 0 spiro atoms. The van der Waals surface area contributed by atoms with Crippen LogP contribution in [0.3, 0.4) is 0 Å². The summed E-state index contributed by atoms with van der Waals surface area (Å²) < 4.78 is 31.5. The molecule has 0 aromatic carbocycles. The van der Waals surface area contributed by atoms with Crippen LogP contribution >= 0.6 is 15.5 Å². The summed E-state index contributed by atoms with van der Waals surface area (Å²) in [5, 5.41) is 0. The first-order valence-electron chi connectivity index (χ1n) is 5.56. The van der Waals surface area contributed by atoms with Gasteiger partial charge in [-0.15, -0.1) is 0 Å². The molecule has 0 saturated heterocycles. The van der Waals surface area contributed by atoms with E-state index in [1.165, 1.54) is 28.4 Å². The van der Waals surface area contributed by atoms with Crippen LogP contribution in [0.25, 0.3) is 0 Å². The van der Waals surface area contributed by atoms with Crippen LogP contribution in [0.5, 0.6) is 0 Å². The fourth-order valence-corrected chi connectivity index (χ4v) is 3.11. The van der Waals surface area contributed by atoms with Gasteiger partial charge in [-0.3, -0.25) is 0 Å². The summed E-state index contributed by atoms with van der Waals surface area (Å²) in [7, 11) is -2.59. The van der Waals surface area contributed by atoms with E-state index in [1.807, 2.05) is 0 Å². The molecule has 12 heteroatoms. The van der Waals surface area contributed by atoms with Gasteiger partial charge in [0.1, 0.15) is 0 Å². The van der Waals surface area contributed by atoms with Crippen molar-refractivity contribution < 1.29 is 27.6 Å². The second kappa shape index (κ2) is 8.55. The van der Waals surface area contributed by atoms with E-state index in [-0.39, 0.29) is 23.4 Å². The van der Waals surface area contributed by atoms with E-state index in [9.17, 15) is 9.46 Å². The van der Waals surface area contributed by atoms with Gasteiger partial charge in [-0.2, -0.15) is 0 Å². The summed E-state index contributed by atoms with van der Waals surface area (Å²) in [6, 6.07) is 0. The van der Waals surface area contributed by atoms with Crippen LogP contribution < -0.4 is 11.5 Å². The number of nitrogens with two attached hydrogens (primary N) is 2. The van der Waals surface area contributed by atoms with E-state index in [0.29, 0.717) is 0 Å². The van der Waals surface area contributed by atoms with Gasteiger partial charge >= 0.3 is 123 Å². The Morgan fingerprint density at radius 2 is 1.71 bits per heavy atom. The Morgan fingerprint density at radius 3 is 2.05 bits per heavy atom. The quantitative estimate of drug-likeness (QED) is 0.309. The van der Waals surface area contributed by atoms with Crippen molar-refractivity contribution in [2.45, 2.75) is 0 Å². The van der Waals surface area contributed by atoms with Gasteiger partial charge in [-0.25, -0.2) is 0 Å². The average molecular weight is 344 g/mol. The minimum absolute atomic E-state index is 0.112. The summed E-state index contributed by atoms with van der Waals surface area (Å²) in [6.45, 7) is 3.07. The molecule has 124 valence electrons. The molecule has 0 rings (SSSR count). The molecule has 0 amide bonds. The van der Waals surface area contributed by atoms with Crippen molar-refractivity contribution in [3.63, 3.8) is 0 Å². The van der Waals surface area contributed by atoms with Crippen molar-refractivity contribution in [1.29, 1.82) is 0 Å². The standard InChI is InChI=1S/C9H22N4O6P2/c1-7(10)13-8(20(14,16-2)17-3)6-12-9(11)21(15,18-4)19-5/h15,21H,1,6,10H2,2-5H3,(H2,11,12)/b13-8+. The Kier molecular flexibility index (Phi) is 8.20. The van der Waals surface area contributed by atoms with E-state index < -0.39 is 15.5 Å². The van der Waals surface area contributed by atoms with Crippen LogP contribution in [0.1, 0.15) is 0 Å². The number of hydrogen-bond acceptors (Lipinski definition) is 9. The van der Waals surface area contributed by atoms with Gasteiger partial charge in [0.05, 0.1) is 0 Å². The minimum atomic E-state index is -3.74. The van der Waals surface area contributed by atoms with Gasteiger partial charge in [0.2, 0.25) is 0 Å². The maximum absolute atomic E-state index is 12.3. The predicted octanol–water partition coefficient (Wildman–Crippen LogP) is 0.395. The second-order valence-electron chi connectivity index (χ2n) is 3.57. The van der Waals surface area contributed by atoms with E-state index in [0.717, 1.165) is 0 Å². The monoisotopic (exact) mass is 344 g/mol. The molecule has 0 radical (unpaired) electrons. The number of amidine groups is 1. The van der Waals surface area contributed by atoms with E-state index in [2.05, 4.69) is 16.6 Å². The van der Waals surface area contributed by atoms with E-state index in [4.69, 9.17) is 29.6 Å². The molecule has 0 atom stereocenters. The van der Waals surface area contributed by atoms with Crippen LogP contribution in [0.15, 0.2) is 22.4 Å². The predicted molar refractivity (Wildman–Crippen MR) is 83.4 cm³/mol. The van der Waals surface area contributed by atoms with Gasteiger partial charge < -0.3 is 0 Å². The number of nitrogens with zero attached hydrogens (tertiary/aromatic N) is 2. The second-order valence-corrected chi connectivity index (χ2v) is 8.31. The molecule has 0 unspecified atom stereocenters. The Labute approximate surface area is 123 Å². The average Bonchev–Trinajstić information content (AvgIpc) is 2.48. The van der Waals surface area contributed by atoms with Crippen molar-refractivity contribution >= 4 is 26.6 Å². The van der Waals surface area contributed by atoms with Gasteiger partial charge in [-0.1, -0.05) is 0 Å². The summed E-state index contributed by atoms with van der Waals surface area (Å²) in [6.07, 6.45) is 0. The first kappa shape index (κ1) is 20.1. The SMILES string of the molecule is C=C(N)/N=C(\C/N=C(\N)[PH](O)(OC)OC)P(=O)(OC)OC. The van der Waals surface area contributed by atoms with Crippen molar-refractivity contribution in [1.82, 2.24) is 0 Å². The third-order valence-corrected chi connectivity index (χ3v) is 6.08. The van der Waals surface area contributed by atoms with E-state index in [1.54, 1.807) is 0 Å². The molecule has 0 aromatic rings. The zero-order valence-electron chi connectivity index (χ0n) is 12.4. The molecule has 21 heavy (non-hydrogen) atoms. The Hall–Kier alpha value is -0.860. The molecule has 0 saturated carbocycles. The van der Waals surface area contributed by atoms with Gasteiger partial charge in [0.25, 0.3) is 0 Å². The Balaban J connectivity index is 5.47. The first-order chi connectivity index (χ1) is 9.69. The maximum atomic E-state index is 12.3. The topological polar surface area (TPSA) is 151 Å². The third kappa shape index (κ3) is 5.44. The zero-order valence-corrected chi connectivity index (χ0v) is 14.3.